The molecule has 0 saturated heterocycles. The van der Waals surface area contributed by atoms with Crippen LogP contribution in [-0.4, -0.2) is 39.1 Å². The first kappa shape index (κ1) is 32.5. The molecule has 1 aromatic heterocycles. The van der Waals surface area contributed by atoms with Gasteiger partial charge in [0.2, 0.25) is 0 Å². The average molecular weight is 650 g/mol. The normalized spacial score (nSPS) is 15.8. The number of carboxylic acids is 1. The minimum Gasteiger partial charge on any atom is -0.478 e. The molecule has 244 valence electrons. The van der Waals surface area contributed by atoms with Gasteiger partial charge in [-0.1, -0.05) is 103 Å². The van der Waals surface area contributed by atoms with Crippen molar-refractivity contribution >= 4 is 28.5 Å². The van der Waals surface area contributed by atoms with Crippen molar-refractivity contribution in [2.24, 2.45) is 5.73 Å². The average Bonchev–Trinajstić information content (AvgIpc) is 3.12. The molecular weight excluding hydrogens is 614 g/mol. The number of carbonyl (C=O) groups excluding carboxylic acids is 1. The molecule has 4 aromatic carbocycles. The van der Waals surface area contributed by atoms with E-state index in [0.717, 1.165) is 22.3 Å². The molecule has 0 saturated carbocycles. The molecule has 0 aliphatic carbocycles. The van der Waals surface area contributed by atoms with E-state index >= 15 is 0 Å². The van der Waals surface area contributed by atoms with Gasteiger partial charge in [0.25, 0.3) is 0 Å². The third kappa shape index (κ3) is 6.58. The molecule has 4 N–H and O–H groups in total. The summed E-state index contributed by atoms with van der Waals surface area (Å²) in [6.07, 6.45) is 1.13. The largest absolute Gasteiger partial charge is 0.478 e. The SMILES string of the molecule is CC(NC(=O)OCc1ccccc1)C(c1ccccc1)N1C(N)=C(C(=O)O)C(c2cccc3ncc(-c4ccccc4)cc23)=C(C#N)C1C. The Labute approximate surface area is 284 Å². The van der Waals surface area contributed by atoms with Crippen molar-refractivity contribution in [3.8, 4) is 17.2 Å². The molecule has 0 fully saturated rings. The van der Waals surface area contributed by atoms with E-state index in [2.05, 4.69) is 16.4 Å². The van der Waals surface area contributed by atoms with E-state index < -0.39 is 30.2 Å². The van der Waals surface area contributed by atoms with Gasteiger partial charge in [-0.25, -0.2) is 9.59 Å². The van der Waals surface area contributed by atoms with Gasteiger partial charge in [-0.15, -0.1) is 0 Å². The number of hydrogen-bond donors (Lipinski definition) is 3. The van der Waals surface area contributed by atoms with E-state index in [0.29, 0.717) is 16.5 Å². The van der Waals surface area contributed by atoms with Crippen molar-refractivity contribution in [1.82, 2.24) is 15.2 Å². The number of aliphatic carboxylic acids is 1. The number of benzene rings is 4. The molecule has 5 aromatic rings. The molecule has 1 amide bonds. The molecular formula is C40H35N5O4. The van der Waals surface area contributed by atoms with Crippen LogP contribution in [0.1, 0.15) is 36.6 Å². The van der Waals surface area contributed by atoms with Gasteiger partial charge in [-0.3, -0.25) is 4.98 Å². The highest BCUT2D eigenvalue weighted by Crippen LogP contribution is 2.43. The van der Waals surface area contributed by atoms with Crippen LogP contribution >= 0.6 is 0 Å². The Kier molecular flexibility index (Phi) is 9.40. The fourth-order valence-electron chi connectivity index (χ4n) is 6.51. The fraction of sp³-hybridized carbons (Fsp3) is 0.150. The van der Waals surface area contributed by atoms with E-state index in [1.807, 2.05) is 110 Å². The zero-order chi connectivity index (χ0) is 34.5. The lowest BCUT2D eigenvalue weighted by Crippen LogP contribution is -2.51. The summed E-state index contributed by atoms with van der Waals surface area (Å²) in [5.41, 5.74) is 11.7. The Morgan fingerprint density at radius 1 is 0.959 bits per heavy atom. The standard InChI is InChI=1S/C40H35N5O4/c1-25(44-40(48)49-24-27-13-6-3-7-14-27)37(29-17-10-5-11-18-29)45-26(2)33(22-41)35(36(38(45)42)39(46)47)31-19-12-20-34-32(31)21-30(23-43-34)28-15-8-4-9-16-28/h3-21,23,25-26,37H,24,42H2,1-2H3,(H,44,48)(H,46,47). The first-order valence-corrected chi connectivity index (χ1v) is 15.9. The van der Waals surface area contributed by atoms with Gasteiger partial charge in [-0.05, 0) is 48.2 Å². The highest BCUT2D eigenvalue weighted by molar-refractivity contribution is 6.12. The molecule has 0 bridgehead atoms. The molecule has 6 rings (SSSR count). The first-order valence-electron chi connectivity index (χ1n) is 15.9. The van der Waals surface area contributed by atoms with Crippen molar-refractivity contribution in [1.29, 1.82) is 5.26 Å². The lowest BCUT2D eigenvalue weighted by molar-refractivity contribution is -0.132. The molecule has 0 radical (unpaired) electrons. The summed E-state index contributed by atoms with van der Waals surface area (Å²) in [5, 5.41) is 25.1. The number of ether oxygens (including phenoxy) is 1. The highest BCUT2D eigenvalue weighted by Gasteiger charge is 2.41. The number of amides is 1. The van der Waals surface area contributed by atoms with E-state index in [-0.39, 0.29) is 29.1 Å². The highest BCUT2D eigenvalue weighted by atomic mass is 16.5. The lowest BCUT2D eigenvalue weighted by Gasteiger charge is -2.44. The second kappa shape index (κ2) is 14.2. The molecule has 1 aliphatic rings. The fourth-order valence-corrected chi connectivity index (χ4v) is 6.51. The number of pyridine rings is 1. The summed E-state index contributed by atoms with van der Waals surface area (Å²) in [4.78, 5) is 32.6. The number of rotatable bonds is 9. The molecule has 1 aliphatic heterocycles. The van der Waals surface area contributed by atoms with Gasteiger partial charge < -0.3 is 25.8 Å². The van der Waals surface area contributed by atoms with Crippen LogP contribution in [0.4, 0.5) is 4.79 Å². The van der Waals surface area contributed by atoms with Crippen molar-refractivity contribution in [3.63, 3.8) is 0 Å². The van der Waals surface area contributed by atoms with Crippen LogP contribution in [0, 0.1) is 11.3 Å². The van der Waals surface area contributed by atoms with Crippen molar-refractivity contribution in [3.05, 3.63) is 155 Å². The molecule has 9 heteroatoms. The molecule has 49 heavy (non-hydrogen) atoms. The minimum atomic E-state index is -1.28. The number of nitrogens with one attached hydrogen (secondary N) is 1. The Bertz CT molecular complexity index is 2110. The van der Waals surface area contributed by atoms with Crippen LogP contribution < -0.4 is 11.1 Å². The quantitative estimate of drug-likeness (QED) is 0.152. The predicted octanol–water partition coefficient (Wildman–Crippen LogP) is 7.19. The molecule has 2 heterocycles. The number of fused-ring (bicyclic) bond motifs is 1. The zero-order valence-electron chi connectivity index (χ0n) is 27.1. The van der Waals surface area contributed by atoms with E-state index in [1.54, 1.807) is 30.2 Å². The second-order valence-electron chi connectivity index (χ2n) is 11.9. The van der Waals surface area contributed by atoms with Crippen LogP contribution in [0.15, 0.2) is 138 Å². The van der Waals surface area contributed by atoms with Crippen LogP contribution in [-0.2, 0) is 16.1 Å². The van der Waals surface area contributed by atoms with Crippen LogP contribution in [0.25, 0.3) is 27.6 Å². The van der Waals surface area contributed by atoms with Crippen LogP contribution in [0.5, 0.6) is 0 Å². The first-order chi connectivity index (χ1) is 23.8. The number of carboxylic acid groups (broad SMARTS) is 1. The van der Waals surface area contributed by atoms with Crippen molar-refractivity contribution in [2.75, 3.05) is 0 Å². The molecule has 3 unspecified atom stereocenters. The number of hydrogen-bond acceptors (Lipinski definition) is 7. The van der Waals surface area contributed by atoms with Gasteiger partial charge in [0.1, 0.15) is 18.0 Å². The summed E-state index contributed by atoms with van der Waals surface area (Å²) in [7, 11) is 0. The third-order valence-electron chi connectivity index (χ3n) is 8.80. The van der Waals surface area contributed by atoms with E-state index in [1.165, 1.54) is 0 Å². The van der Waals surface area contributed by atoms with E-state index in [4.69, 9.17) is 10.5 Å². The summed E-state index contributed by atoms with van der Waals surface area (Å²) < 4.78 is 5.51. The smallest absolute Gasteiger partial charge is 0.407 e. The second-order valence-corrected chi connectivity index (χ2v) is 11.9. The molecule has 3 atom stereocenters. The third-order valence-corrected chi connectivity index (χ3v) is 8.80. The minimum absolute atomic E-state index is 0.0293. The Hall–Kier alpha value is -6.40. The lowest BCUT2D eigenvalue weighted by atomic mass is 9.83. The molecule has 0 spiro atoms. The number of aromatic nitrogens is 1. The maximum Gasteiger partial charge on any atom is 0.407 e. The number of alkyl carbamates (subject to hydrolysis) is 1. The molecule has 9 nitrogen and oxygen atoms in total. The monoisotopic (exact) mass is 649 g/mol. The van der Waals surface area contributed by atoms with Crippen molar-refractivity contribution in [2.45, 2.75) is 38.6 Å². The van der Waals surface area contributed by atoms with Gasteiger partial charge in [0, 0.05) is 22.7 Å². The number of nitrogens with zero attached hydrogens (tertiary/aromatic N) is 3. The zero-order valence-corrected chi connectivity index (χ0v) is 27.1. The van der Waals surface area contributed by atoms with Gasteiger partial charge >= 0.3 is 12.1 Å². The van der Waals surface area contributed by atoms with Crippen LogP contribution in [0.2, 0.25) is 0 Å². The summed E-state index contributed by atoms with van der Waals surface area (Å²) >= 11 is 0. The summed E-state index contributed by atoms with van der Waals surface area (Å²) in [6, 6.07) is 36.2. The maximum atomic E-state index is 13.2. The van der Waals surface area contributed by atoms with Gasteiger partial charge in [0.15, 0.2) is 0 Å². The number of carbonyl (C=O) groups is 2. The van der Waals surface area contributed by atoms with Crippen LogP contribution in [0.3, 0.4) is 0 Å². The number of nitriles is 1. The predicted molar refractivity (Wildman–Crippen MR) is 188 cm³/mol. The Morgan fingerprint density at radius 2 is 1.61 bits per heavy atom. The Balaban J connectivity index is 1.44. The summed E-state index contributed by atoms with van der Waals surface area (Å²) in [5.74, 6) is -1.31. The summed E-state index contributed by atoms with van der Waals surface area (Å²) in [6.45, 7) is 3.70. The van der Waals surface area contributed by atoms with E-state index in [9.17, 15) is 20.0 Å². The topological polar surface area (TPSA) is 142 Å². The van der Waals surface area contributed by atoms with Crippen molar-refractivity contribution < 1.29 is 19.4 Å². The Morgan fingerprint density at radius 3 is 2.27 bits per heavy atom. The number of nitrogens with two attached hydrogens (primary N) is 1. The maximum absolute atomic E-state index is 13.2. The van der Waals surface area contributed by atoms with Gasteiger partial charge in [0.05, 0.1) is 35.3 Å². The van der Waals surface area contributed by atoms with Gasteiger partial charge in [-0.2, -0.15) is 5.26 Å².